The second kappa shape index (κ2) is 9.26. The first-order valence-corrected chi connectivity index (χ1v) is 12.2. The predicted octanol–water partition coefficient (Wildman–Crippen LogP) is 3.46. The Morgan fingerprint density at radius 2 is 1.88 bits per heavy atom. The first-order chi connectivity index (χ1) is 15.4. The van der Waals surface area contributed by atoms with E-state index in [0.29, 0.717) is 23.9 Å². The molecule has 2 aromatic carbocycles. The van der Waals surface area contributed by atoms with Gasteiger partial charge in [0.25, 0.3) is 5.91 Å². The average molecular weight is 455 g/mol. The molecule has 8 heteroatoms. The van der Waals surface area contributed by atoms with E-state index in [2.05, 4.69) is 5.32 Å². The highest BCUT2D eigenvalue weighted by molar-refractivity contribution is 7.89. The number of nitrogens with one attached hydrogen (secondary N) is 1. The minimum absolute atomic E-state index is 0.0588. The number of hydrogen-bond donors (Lipinski definition) is 1. The summed E-state index contributed by atoms with van der Waals surface area (Å²) in [5.74, 6) is -0.520. The molecule has 32 heavy (non-hydrogen) atoms. The van der Waals surface area contributed by atoms with E-state index in [9.17, 15) is 18.0 Å². The molecule has 1 unspecified atom stereocenters. The second-order valence-corrected chi connectivity index (χ2v) is 10.00. The smallest absolute Gasteiger partial charge is 0.349 e. The van der Waals surface area contributed by atoms with Gasteiger partial charge in [-0.15, -0.1) is 0 Å². The number of piperidine rings is 1. The van der Waals surface area contributed by atoms with Crippen molar-refractivity contribution in [2.45, 2.75) is 43.5 Å². The predicted molar refractivity (Wildman–Crippen MR) is 122 cm³/mol. The van der Waals surface area contributed by atoms with Gasteiger partial charge in [-0.25, -0.2) is 13.2 Å². The van der Waals surface area contributed by atoms with Crippen LogP contribution in [0.2, 0.25) is 0 Å². The molecule has 0 bridgehead atoms. The van der Waals surface area contributed by atoms with Gasteiger partial charge >= 0.3 is 5.63 Å². The summed E-state index contributed by atoms with van der Waals surface area (Å²) in [6.45, 7) is 2.64. The topological polar surface area (TPSA) is 96.7 Å². The third-order valence-electron chi connectivity index (χ3n) is 5.85. The number of benzene rings is 2. The van der Waals surface area contributed by atoms with Crippen molar-refractivity contribution in [3.05, 3.63) is 76.1 Å². The minimum atomic E-state index is -3.61. The first kappa shape index (κ1) is 22.2. The number of amides is 1. The van der Waals surface area contributed by atoms with Gasteiger partial charge in [0.05, 0.1) is 4.90 Å². The Morgan fingerprint density at radius 3 is 2.66 bits per heavy atom. The number of hydrogen-bond acceptors (Lipinski definition) is 5. The van der Waals surface area contributed by atoms with Crippen LogP contribution in [-0.2, 0) is 10.0 Å². The lowest BCUT2D eigenvalue weighted by Crippen LogP contribution is -2.45. The van der Waals surface area contributed by atoms with Crippen LogP contribution in [0.5, 0.6) is 0 Å². The third-order valence-corrected chi connectivity index (χ3v) is 7.82. The summed E-state index contributed by atoms with van der Waals surface area (Å²) in [5.41, 5.74) is 0.673. The van der Waals surface area contributed by atoms with Crippen molar-refractivity contribution in [3.8, 4) is 0 Å². The lowest BCUT2D eigenvalue weighted by molar-refractivity contribution is 0.0946. The molecule has 7 nitrogen and oxygen atoms in total. The van der Waals surface area contributed by atoms with Crippen molar-refractivity contribution in [2.24, 2.45) is 0 Å². The van der Waals surface area contributed by atoms with Crippen LogP contribution in [0.4, 0.5) is 0 Å². The molecule has 1 atom stereocenters. The summed E-state index contributed by atoms with van der Waals surface area (Å²) in [4.78, 5) is 25.1. The highest BCUT2D eigenvalue weighted by Crippen LogP contribution is 2.27. The van der Waals surface area contributed by atoms with Crippen LogP contribution < -0.4 is 10.9 Å². The SMILES string of the molecule is Cc1ccc(S(=O)(=O)N2CCCCC2CCNC(=O)c2cc3ccccc3oc2=O)cc1. The van der Waals surface area contributed by atoms with E-state index in [0.717, 1.165) is 24.8 Å². The van der Waals surface area contributed by atoms with E-state index in [1.54, 1.807) is 52.8 Å². The molecule has 1 aromatic heterocycles. The quantitative estimate of drug-likeness (QED) is 0.576. The molecule has 1 fully saturated rings. The summed E-state index contributed by atoms with van der Waals surface area (Å²) in [6, 6.07) is 15.2. The summed E-state index contributed by atoms with van der Waals surface area (Å²) >= 11 is 0. The fraction of sp³-hybridized carbons (Fsp3) is 0.333. The molecule has 168 valence electrons. The van der Waals surface area contributed by atoms with Gasteiger partial charge in [-0.3, -0.25) is 4.79 Å². The summed E-state index contributed by atoms with van der Waals surface area (Å²) < 4.78 is 33.1. The van der Waals surface area contributed by atoms with Gasteiger partial charge in [-0.1, -0.05) is 42.3 Å². The number of carbonyl (C=O) groups excluding carboxylic acids is 1. The van der Waals surface area contributed by atoms with Crippen molar-refractivity contribution in [3.63, 3.8) is 0 Å². The number of para-hydroxylation sites is 1. The Kier molecular flexibility index (Phi) is 6.43. The standard InChI is InChI=1S/C24H26N2O5S/c1-17-9-11-20(12-10-17)32(29,30)26-15-5-4-7-19(26)13-14-25-23(27)21-16-18-6-2-3-8-22(18)31-24(21)28/h2-3,6,8-12,16,19H,4-5,7,13-15H2,1H3,(H,25,27). The molecular formula is C24H26N2O5S. The maximum atomic E-state index is 13.2. The molecule has 0 saturated carbocycles. The second-order valence-electron chi connectivity index (χ2n) is 8.11. The van der Waals surface area contributed by atoms with E-state index >= 15 is 0 Å². The van der Waals surface area contributed by atoms with Gasteiger partial charge in [-0.2, -0.15) is 4.31 Å². The lowest BCUT2D eigenvalue weighted by Gasteiger charge is -2.34. The molecular weight excluding hydrogens is 428 g/mol. The monoisotopic (exact) mass is 454 g/mol. The van der Waals surface area contributed by atoms with Crippen LogP contribution in [0.1, 0.15) is 41.6 Å². The number of aryl methyl sites for hydroxylation is 1. The highest BCUT2D eigenvalue weighted by Gasteiger charge is 2.33. The molecule has 3 aromatic rings. The molecule has 0 radical (unpaired) electrons. The summed E-state index contributed by atoms with van der Waals surface area (Å²) in [6.07, 6.45) is 2.95. The maximum absolute atomic E-state index is 13.2. The van der Waals surface area contributed by atoms with E-state index in [4.69, 9.17) is 4.42 Å². The molecule has 1 N–H and O–H groups in total. The van der Waals surface area contributed by atoms with Gasteiger partial charge in [0, 0.05) is 24.5 Å². The van der Waals surface area contributed by atoms with Crippen LogP contribution in [0.3, 0.4) is 0 Å². The van der Waals surface area contributed by atoms with Gasteiger partial charge in [0.1, 0.15) is 11.1 Å². The Labute approximate surface area is 187 Å². The molecule has 1 aliphatic heterocycles. The molecule has 0 spiro atoms. The first-order valence-electron chi connectivity index (χ1n) is 10.8. The largest absolute Gasteiger partial charge is 0.422 e. The third kappa shape index (κ3) is 4.61. The van der Waals surface area contributed by atoms with Gasteiger partial charge < -0.3 is 9.73 Å². The Balaban J connectivity index is 1.44. The van der Waals surface area contributed by atoms with Crippen LogP contribution in [0.25, 0.3) is 11.0 Å². The van der Waals surface area contributed by atoms with Crippen molar-refractivity contribution in [2.75, 3.05) is 13.1 Å². The van der Waals surface area contributed by atoms with Crippen molar-refractivity contribution >= 4 is 26.9 Å². The van der Waals surface area contributed by atoms with Gasteiger partial charge in [-0.05, 0) is 50.5 Å². The van der Waals surface area contributed by atoms with Gasteiger partial charge in [0.2, 0.25) is 10.0 Å². The number of carbonyl (C=O) groups is 1. The summed E-state index contributed by atoms with van der Waals surface area (Å²) in [5, 5.41) is 3.42. The molecule has 2 heterocycles. The van der Waals surface area contributed by atoms with E-state index in [1.165, 1.54) is 6.07 Å². The Morgan fingerprint density at radius 1 is 1.12 bits per heavy atom. The number of sulfonamides is 1. The number of fused-ring (bicyclic) bond motifs is 1. The van der Waals surface area contributed by atoms with Crippen LogP contribution in [0, 0.1) is 6.92 Å². The van der Waals surface area contributed by atoms with Crippen LogP contribution in [0.15, 0.2) is 68.7 Å². The molecule has 0 aliphatic carbocycles. The molecule has 1 aliphatic rings. The zero-order valence-electron chi connectivity index (χ0n) is 17.9. The van der Waals surface area contributed by atoms with Crippen molar-refractivity contribution in [1.29, 1.82) is 0 Å². The highest BCUT2D eigenvalue weighted by atomic mass is 32.2. The van der Waals surface area contributed by atoms with Gasteiger partial charge in [0.15, 0.2) is 0 Å². The normalized spacial score (nSPS) is 17.3. The van der Waals surface area contributed by atoms with Crippen LogP contribution in [-0.4, -0.2) is 37.8 Å². The number of rotatable bonds is 6. The molecule has 1 amide bonds. The zero-order chi connectivity index (χ0) is 22.7. The Hall–Kier alpha value is -2.97. The Bertz CT molecular complexity index is 1280. The lowest BCUT2D eigenvalue weighted by atomic mass is 10.0. The fourth-order valence-corrected chi connectivity index (χ4v) is 5.82. The van der Waals surface area contributed by atoms with Crippen molar-refractivity contribution < 1.29 is 17.6 Å². The minimum Gasteiger partial charge on any atom is -0.422 e. The fourth-order valence-electron chi connectivity index (χ4n) is 4.09. The van der Waals surface area contributed by atoms with E-state index in [1.807, 2.05) is 6.92 Å². The van der Waals surface area contributed by atoms with Crippen LogP contribution >= 0.6 is 0 Å². The molecule has 4 rings (SSSR count). The molecule has 1 saturated heterocycles. The number of nitrogens with zero attached hydrogens (tertiary/aromatic N) is 1. The average Bonchev–Trinajstić information content (AvgIpc) is 2.79. The van der Waals surface area contributed by atoms with Crippen molar-refractivity contribution in [1.82, 2.24) is 9.62 Å². The zero-order valence-corrected chi connectivity index (χ0v) is 18.7. The van der Waals surface area contributed by atoms with E-state index in [-0.39, 0.29) is 23.0 Å². The maximum Gasteiger partial charge on any atom is 0.349 e. The summed E-state index contributed by atoms with van der Waals surface area (Å²) in [7, 11) is -3.61. The van der Waals surface area contributed by atoms with E-state index < -0.39 is 21.6 Å².